The second-order valence-electron chi connectivity index (χ2n) is 5.93. The van der Waals surface area contributed by atoms with Gasteiger partial charge in [0.05, 0.1) is 3.57 Å². The van der Waals surface area contributed by atoms with E-state index < -0.39 is 0 Å². The third-order valence-corrected chi connectivity index (χ3v) is 4.72. The Kier molecular flexibility index (Phi) is 4.50. The molecule has 0 aliphatic carbocycles. The van der Waals surface area contributed by atoms with Crippen LogP contribution in [0.4, 0.5) is 0 Å². The number of benzene rings is 1. The van der Waals surface area contributed by atoms with Crippen LogP contribution in [-0.4, -0.2) is 5.11 Å². The molecule has 0 saturated carbocycles. The number of aromatic hydroxyl groups is 1. The molecule has 0 aromatic heterocycles. The van der Waals surface area contributed by atoms with Crippen LogP contribution in [0.2, 0.25) is 0 Å². The summed E-state index contributed by atoms with van der Waals surface area (Å²) in [6.45, 7) is 13.3. The van der Waals surface area contributed by atoms with Crippen LogP contribution in [0.5, 0.6) is 5.75 Å². The molecule has 17 heavy (non-hydrogen) atoms. The van der Waals surface area contributed by atoms with Crippen molar-refractivity contribution in [3.05, 3.63) is 26.8 Å². The zero-order chi connectivity index (χ0) is 13.4. The fourth-order valence-electron chi connectivity index (χ4n) is 1.77. The molecule has 1 N–H and O–H groups in total. The summed E-state index contributed by atoms with van der Waals surface area (Å²) in [5.74, 6) is 1.37. The van der Waals surface area contributed by atoms with Gasteiger partial charge in [0.1, 0.15) is 5.75 Å². The van der Waals surface area contributed by atoms with Crippen LogP contribution in [0, 0.1) is 9.49 Å². The summed E-state index contributed by atoms with van der Waals surface area (Å²) in [6, 6.07) is 4.28. The van der Waals surface area contributed by atoms with E-state index in [4.69, 9.17) is 0 Å². The highest BCUT2D eigenvalue weighted by atomic mass is 127. The molecule has 1 nitrogen and oxygen atoms in total. The van der Waals surface area contributed by atoms with Crippen molar-refractivity contribution >= 4 is 22.6 Å². The van der Waals surface area contributed by atoms with Gasteiger partial charge in [0.2, 0.25) is 0 Å². The predicted octanol–water partition coefficient (Wildman–Crippen LogP) is 5.05. The number of hydrogen-bond acceptors (Lipinski definition) is 1. The maximum absolute atomic E-state index is 10.1. The van der Waals surface area contributed by atoms with E-state index in [0.29, 0.717) is 17.6 Å². The number of phenolic OH excluding ortho intramolecular Hbond substituents is 1. The van der Waals surface area contributed by atoms with Crippen LogP contribution in [-0.2, 0) is 5.41 Å². The van der Waals surface area contributed by atoms with Gasteiger partial charge >= 0.3 is 0 Å². The second kappa shape index (κ2) is 5.17. The summed E-state index contributed by atoms with van der Waals surface area (Å²) >= 11 is 2.22. The van der Waals surface area contributed by atoms with E-state index in [1.54, 1.807) is 0 Å². The van der Waals surface area contributed by atoms with Gasteiger partial charge in [-0.1, -0.05) is 47.6 Å². The van der Waals surface area contributed by atoms with Gasteiger partial charge in [-0.15, -0.1) is 0 Å². The SMILES string of the molecule is CC(C)c1cc(C(C)(C)C(C)C)cc(I)c1O. The van der Waals surface area contributed by atoms with Crippen LogP contribution >= 0.6 is 22.6 Å². The summed E-state index contributed by atoms with van der Waals surface area (Å²) in [4.78, 5) is 0. The Hall–Kier alpha value is -0.250. The number of hydrogen-bond donors (Lipinski definition) is 1. The fourth-order valence-corrected chi connectivity index (χ4v) is 2.41. The Morgan fingerprint density at radius 1 is 1.12 bits per heavy atom. The van der Waals surface area contributed by atoms with Gasteiger partial charge < -0.3 is 5.11 Å². The summed E-state index contributed by atoms with van der Waals surface area (Å²) in [5.41, 5.74) is 2.51. The van der Waals surface area contributed by atoms with Crippen LogP contribution in [0.25, 0.3) is 0 Å². The highest BCUT2D eigenvalue weighted by Crippen LogP contribution is 2.38. The summed E-state index contributed by atoms with van der Waals surface area (Å²) < 4.78 is 0.956. The molecule has 0 spiro atoms. The molecule has 0 atom stereocenters. The molecule has 2 heteroatoms. The van der Waals surface area contributed by atoms with Gasteiger partial charge in [-0.25, -0.2) is 0 Å². The van der Waals surface area contributed by atoms with Crippen LogP contribution in [0.1, 0.15) is 58.6 Å². The average Bonchev–Trinajstić information content (AvgIpc) is 2.20. The molecule has 0 radical (unpaired) electrons. The molecule has 0 amide bonds. The van der Waals surface area contributed by atoms with Crippen molar-refractivity contribution in [1.29, 1.82) is 0 Å². The molecule has 0 unspecified atom stereocenters. The lowest BCUT2D eigenvalue weighted by molar-refractivity contribution is 0.370. The standard InChI is InChI=1S/C15H23IO/c1-9(2)12-7-11(8-13(16)14(12)17)15(5,6)10(3)4/h7-10,17H,1-6H3. The van der Waals surface area contributed by atoms with E-state index in [9.17, 15) is 5.11 Å². The number of rotatable bonds is 3. The molecule has 0 fully saturated rings. The third kappa shape index (κ3) is 2.95. The number of halogens is 1. The molecule has 0 saturated heterocycles. The molecule has 1 aromatic rings. The predicted molar refractivity (Wildman–Crippen MR) is 82.8 cm³/mol. The first-order valence-corrected chi connectivity index (χ1v) is 7.28. The Labute approximate surface area is 119 Å². The molecular weight excluding hydrogens is 323 g/mol. The minimum absolute atomic E-state index is 0.136. The lowest BCUT2D eigenvalue weighted by atomic mass is 9.74. The summed E-state index contributed by atoms with van der Waals surface area (Å²) in [6.07, 6.45) is 0. The largest absolute Gasteiger partial charge is 0.507 e. The molecule has 0 aliphatic rings. The van der Waals surface area contributed by atoms with Crippen molar-refractivity contribution in [2.75, 3.05) is 0 Å². The molecule has 0 bridgehead atoms. The molecule has 1 aromatic carbocycles. The highest BCUT2D eigenvalue weighted by Gasteiger charge is 2.26. The zero-order valence-electron chi connectivity index (χ0n) is 11.6. The second-order valence-corrected chi connectivity index (χ2v) is 7.09. The Bertz CT molecular complexity index is 406. The minimum atomic E-state index is 0.136. The van der Waals surface area contributed by atoms with E-state index in [2.05, 4.69) is 76.3 Å². The zero-order valence-corrected chi connectivity index (χ0v) is 13.8. The van der Waals surface area contributed by atoms with E-state index in [0.717, 1.165) is 9.13 Å². The molecule has 0 aliphatic heterocycles. The van der Waals surface area contributed by atoms with Gasteiger partial charge in [-0.2, -0.15) is 0 Å². The van der Waals surface area contributed by atoms with Gasteiger partial charge in [0.15, 0.2) is 0 Å². The monoisotopic (exact) mass is 346 g/mol. The van der Waals surface area contributed by atoms with Crippen molar-refractivity contribution in [2.45, 2.75) is 52.9 Å². The first kappa shape index (κ1) is 14.8. The topological polar surface area (TPSA) is 20.2 Å². The summed E-state index contributed by atoms with van der Waals surface area (Å²) in [7, 11) is 0. The van der Waals surface area contributed by atoms with Gasteiger partial charge in [-0.05, 0) is 57.0 Å². The Balaban J connectivity index is 3.38. The third-order valence-electron chi connectivity index (χ3n) is 3.90. The van der Waals surface area contributed by atoms with Crippen LogP contribution in [0.15, 0.2) is 12.1 Å². The Morgan fingerprint density at radius 2 is 1.65 bits per heavy atom. The van der Waals surface area contributed by atoms with E-state index in [1.807, 2.05) is 0 Å². The smallest absolute Gasteiger partial charge is 0.132 e. The normalized spacial score (nSPS) is 12.5. The fraction of sp³-hybridized carbons (Fsp3) is 0.600. The van der Waals surface area contributed by atoms with Gasteiger partial charge in [-0.3, -0.25) is 0 Å². The van der Waals surface area contributed by atoms with Crippen molar-refractivity contribution < 1.29 is 5.11 Å². The van der Waals surface area contributed by atoms with Crippen LogP contribution in [0.3, 0.4) is 0 Å². The van der Waals surface area contributed by atoms with Crippen LogP contribution < -0.4 is 0 Å². The lowest BCUT2D eigenvalue weighted by Gasteiger charge is -2.31. The van der Waals surface area contributed by atoms with E-state index in [-0.39, 0.29) is 5.41 Å². The lowest BCUT2D eigenvalue weighted by Crippen LogP contribution is -2.24. The van der Waals surface area contributed by atoms with Gasteiger partial charge in [0, 0.05) is 0 Å². The molecule has 0 heterocycles. The van der Waals surface area contributed by atoms with E-state index >= 15 is 0 Å². The first-order chi connectivity index (χ1) is 7.67. The van der Waals surface area contributed by atoms with Gasteiger partial charge in [0.25, 0.3) is 0 Å². The van der Waals surface area contributed by atoms with Crippen molar-refractivity contribution in [2.24, 2.45) is 5.92 Å². The summed E-state index contributed by atoms with van der Waals surface area (Å²) in [5, 5.41) is 10.1. The minimum Gasteiger partial charge on any atom is -0.507 e. The molecule has 1 rings (SSSR count). The van der Waals surface area contributed by atoms with E-state index in [1.165, 1.54) is 5.56 Å². The molecule has 96 valence electrons. The quantitative estimate of drug-likeness (QED) is 0.759. The van der Waals surface area contributed by atoms with Crippen molar-refractivity contribution in [1.82, 2.24) is 0 Å². The maximum atomic E-state index is 10.1. The highest BCUT2D eigenvalue weighted by molar-refractivity contribution is 14.1. The number of phenols is 1. The maximum Gasteiger partial charge on any atom is 0.132 e. The Morgan fingerprint density at radius 3 is 2.06 bits per heavy atom. The first-order valence-electron chi connectivity index (χ1n) is 6.20. The average molecular weight is 346 g/mol. The van der Waals surface area contributed by atoms with Crippen molar-refractivity contribution in [3.63, 3.8) is 0 Å². The molecular formula is C15H23IO. The van der Waals surface area contributed by atoms with Crippen molar-refractivity contribution in [3.8, 4) is 5.75 Å².